The summed E-state index contributed by atoms with van der Waals surface area (Å²) in [6.45, 7) is 2.22. The first-order chi connectivity index (χ1) is 9.57. The normalized spacial score (nSPS) is 29.0. The topological polar surface area (TPSA) is 61.2 Å². The van der Waals surface area contributed by atoms with E-state index in [1.54, 1.807) is 23.1 Å². The van der Waals surface area contributed by atoms with Crippen molar-refractivity contribution in [1.29, 1.82) is 5.26 Å². The van der Waals surface area contributed by atoms with Crippen LogP contribution in [-0.2, 0) is 10.2 Å². The minimum absolute atomic E-state index is 0.0180. The molecule has 1 aromatic carbocycles. The molecular formula is C16H12N2O2. The largest absolute Gasteiger partial charge is 0.315 e. The molecule has 1 aliphatic heterocycles. The quantitative estimate of drug-likeness (QED) is 0.717. The van der Waals surface area contributed by atoms with Gasteiger partial charge in [0.2, 0.25) is 5.91 Å². The molecule has 0 N–H and O–H groups in total. The molecule has 1 saturated heterocycles. The second-order valence-corrected chi connectivity index (χ2v) is 5.77. The number of hydrogen-bond donors (Lipinski definition) is 0. The molecule has 1 heterocycles. The minimum atomic E-state index is -0.193. The van der Waals surface area contributed by atoms with Crippen LogP contribution in [0.2, 0.25) is 0 Å². The third-order valence-electron chi connectivity index (χ3n) is 4.80. The molecule has 2 unspecified atom stereocenters. The highest BCUT2D eigenvalue weighted by atomic mass is 16.2. The van der Waals surface area contributed by atoms with E-state index >= 15 is 0 Å². The predicted octanol–water partition coefficient (Wildman–Crippen LogP) is 1.76. The summed E-state index contributed by atoms with van der Waals surface area (Å²) in [5.41, 5.74) is 2.83. The molecule has 1 spiro atoms. The molecule has 0 aromatic heterocycles. The van der Waals surface area contributed by atoms with Crippen molar-refractivity contribution in [2.45, 2.75) is 18.8 Å². The van der Waals surface area contributed by atoms with Crippen LogP contribution in [0.4, 0.5) is 0 Å². The van der Waals surface area contributed by atoms with E-state index in [-0.39, 0.29) is 17.1 Å². The molecule has 0 bridgehead atoms. The van der Waals surface area contributed by atoms with Crippen LogP contribution < -0.4 is 0 Å². The number of ketones is 1. The number of carbonyl (C=O) groups is 2. The van der Waals surface area contributed by atoms with Gasteiger partial charge in [-0.3, -0.25) is 9.59 Å². The SMILES string of the molecule is CC(=O)N1CC2CC23C1=CC(=O)c1ccc(C#N)cc13. The number of carbonyl (C=O) groups excluding carboxylic acids is 2. The fourth-order valence-corrected chi connectivity index (χ4v) is 3.80. The first-order valence-electron chi connectivity index (χ1n) is 6.67. The lowest BCUT2D eigenvalue weighted by atomic mass is 9.80. The maximum absolute atomic E-state index is 12.3. The second-order valence-electron chi connectivity index (χ2n) is 5.77. The Kier molecular flexibility index (Phi) is 1.92. The molecule has 1 aromatic rings. The number of hydrogen-bond acceptors (Lipinski definition) is 3. The molecular weight excluding hydrogens is 252 g/mol. The van der Waals surface area contributed by atoms with Crippen LogP contribution in [0, 0.1) is 17.2 Å². The smallest absolute Gasteiger partial charge is 0.223 e. The summed E-state index contributed by atoms with van der Waals surface area (Å²) in [4.78, 5) is 25.7. The second kappa shape index (κ2) is 3.37. The molecule has 1 amide bonds. The Bertz CT molecular complexity index is 756. The predicted molar refractivity (Wildman–Crippen MR) is 70.7 cm³/mol. The highest BCUT2D eigenvalue weighted by Crippen LogP contribution is 2.66. The van der Waals surface area contributed by atoms with Crippen LogP contribution in [0.5, 0.6) is 0 Å². The Morgan fingerprint density at radius 3 is 3.00 bits per heavy atom. The van der Waals surface area contributed by atoms with E-state index in [1.165, 1.54) is 6.92 Å². The van der Waals surface area contributed by atoms with Gasteiger partial charge in [0, 0.05) is 36.2 Å². The highest BCUT2D eigenvalue weighted by molar-refractivity contribution is 6.09. The molecule has 2 aliphatic carbocycles. The highest BCUT2D eigenvalue weighted by Gasteiger charge is 2.66. The number of benzene rings is 1. The van der Waals surface area contributed by atoms with Crippen molar-refractivity contribution in [2.24, 2.45) is 5.92 Å². The van der Waals surface area contributed by atoms with Gasteiger partial charge in [0.25, 0.3) is 0 Å². The van der Waals surface area contributed by atoms with Crippen molar-refractivity contribution in [1.82, 2.24) is 4.90 Å². The van der Waals surface area contributed by atoms with Crippen molar-refractivity contribution in [2.75, 3.05) is 6.54 Å². The average Bonchev–Trinajstić information content (AvgIpc) is 3.07. The van der Waals surface area contributed by atoms with Crippen LogP contribution in [0.3, 0.4) is 0 Å². The van der Waals surface area contributed by atoms with E-state index in [1.807, 2.05) is 6.07 Å². The van der Waals surface area contributed by atoms with Crippen molar-refractivity contribution in [3.05, 3.63) is 46.7 Å². The summed E-state index contributed by atoms with van der Waals surface area (Å²) < 4.78 is 0. The molecule has 4 nitrogen and oxygen atoms in total. The zero-order valence-electron chi connectivity index (χ0n) is 11.0. The van der Waals surface area contributed by atoms with Gasteiger partial charge < -0.3 is 4.90 Å². The standard InChI is InChI=1S/C16H12N2O2/c1-9(19)18-8-11-6-16(11)13-4-10(7-17)2-3-12(13)14(20)5-15(16)18/h2-5,11H,6,8H2,1H3. The van der Waals surface area contributed by atoms with Gasteiger partial charge >= 0.3 is 0 Å². The fraction of sp³-hybridized carbons (Fsp3) is 0.312. The molecule has 20 heavy (non-hydrogen) atoms. The Morgan fingerprint density at radius 2 is 2.30 bits per heavy atom. The zero-order valence-corrected chi connectivity index (χ0v) is 11.0. The fourth-order valence-electron chi connectivity index (χ4n) is 3.80. The van der Waals surface area contributed by atoms with Crippen molar-refractivity contribution in [3.63, 3.8) is 0 Å². The van der Waals surface area contributed by atoms with Gasteiger partial charge in [0.05, 0.1) is 11.6 Å². The molecule has 2 fully saturated rings. The summed E-state index contributed by atoms with van der Waals surface area (Å²) in [7, 11) is 0. The van der Waals surface area contributed by atoms with Crippen molar-refractivity contribution < 1.29 is 9.59 Å². The first kappa shape index (κ1) is 11.4. The summed E-state index contributed by atoms with van der Waals surface area (Å²) in [6.07, 6.45) is 2.58. The van der Waals surface area contributed by atoms with E-state index in [0.29, 0.717) is 23.6 Å². The van der Waals surface area contributed by atoms with E-state index < -0.39 is 0 Å². The van der Waals surface area contributed by atoms with E-state index in [4.69, 9.17) is 5.26 Å². The van der Waals surface area contributed by atoms with E-state index in [0.717, 1.165) is 17.7 Å². The van der Waals surface area contributed by atoms with Gasteiger partial charge in [-0.25, -0.2) is 0 Å². The van der Waals surface area contributed by atoms with Crippen LogP contribution in [0.15, 0.2) is 30.0 Å². The summed E-state index contributed by atoms with van der Waals surface area (Å²) in [5, 5.41) is 9.07. The van der Waals surface area contributed by atoms with Gasteiger partial charge in [0.1, 0.15) is 0 Å². The van der Waals surface area contributed by atoms with Crippen molar-refractivity contribution in [3.8, 4) is 6.07 Å². The lowest BCUT2D eigenvalue weighted by Crippen LogP contribution is -2.32. The lowest BCUT2D eigenvalue weighted by Gasteiger charge is -2.28. The number of fused-ring (bicyclic) bond motifs is 1. The molecule has 98 valence electrons. The van der Waals surface area contributed by atoms with Crippen LogP contribution in [0.25, 0.3) is 0 Å². The molecule has 4 rings (SSSR count). The van der Waals surface area contributed by atoms with Gasteiger partial charge in [-0.1, -0.05) is 0 Å². The number of allylic oxidation sites excluding steroid dienone is 2. The number of nitriles is 1. The zero-order chi connectivity index (χ0) is 14.1. The molecule has 4 heteroatoms. The molecule has 2 atom stereocenters. The van der Waals surface area contributed by atoms with Gasteiger partial charge in [0.15, 0.2) is 5.78 Å². The van der Waals surface area contributed by atoms with Crippen molar-refractivity contribution >= 4 is 11.7 Å². The summed E-state index contributed by atoms with van der Waals surface area (Å²) in [5.74, 6) is 0.304. The number of piperidine rings is 1. The maximum atomic E-state index is 12.3. The molecule has 0 radical (unpaired) electrons. The number of likely N-dealkylation sites (tertiary alicyclic amines) is 1. The van der Waals surface area contributed by atoms with E-state index in [9.17, 15) is 9.59 Å². The Morgan fingerprint density at radius 1 is 1.50 bits per heavy atom. The van der Waals surface area contributed by atoms with Crippen LogP contribution in [-0.4, -0.2) is 23.1 Å². The maximum Gasteiger partial charge on any atom is 0.223 e. The molecule has 1 saturated carbocycles. The number of amides is 1. The average molecular weight is 264 g/mol. The van der Waals surface area contributed by atoms with Gasteiger partial charge in [-0.15, -0.1) is 0 Å². The number of nitrogens with zero attached hydrogens (tertiary/aromatic N) is 2. The monoisotopic (exact) mass is 264 g/mol. The molecule has 3 aliphatic rings. The Hall–Kier alpha value is -2.41. The first-order valence-corrected chi connectivity index (χ1v) is 6.67. The summed E-state index contributed by atoms with van der Waals surface area (Å²) in [6, 6.07) is 7.38. The van der Waals surface area contributed by atoms with Crippen LogP contribution >= 0.6 is 0 Å². The number of rotatable bonds is 0. The van der Waals surface area contributed by atoms with Crippen LogP contribution in [0.1, 0.15) is 34.8 Å². The third-order valence-corrected chi connectivity index (χ3v) is 4.80. The third kappa shape index (κ3) is 1.16. The van der Waals surface area contributed by atoms with E-state index in [2.05, 4.69) is 6.07 Å². The summed E-state index contributed by atoms with van der Waals surface area (Å²) >= 11 is 0. The Balaban J connectivity index is 1.94. The van der Waals surface area contributed by atoms with Gasteiger partial charge in [-0.2, -0.15) is 5.26 Å². The Labute approximate surface area is 116 Å². The van der Waals surface area contributed by atoms with Gasteiger partial charge in [-0.05, 0) is 36.1 Å². The minimum Gasteiger partial charge on any atom is -0.315 e. The lowest BCUT2D eigenvalue weighted by molar-refractivity contribution is -0.126.